The molecule has 0 bridgehead atoms. The molecule has 0 saturated carbocycles. The Hall–Kier alpha value is -4.03. The van der Waals surface area contributed by atoms with Gasteiger partial charge in [0, 0.05) is 43.0 Å². The number of amides is 2. The molecule has 5 rings (SSSR count). The third kappa shape index (κ3) is 5.60. The minimum absolute atomic E-state index is 0.0179. The van der Waals surface area contributed by atoms with Gasteiger partial charge in [0.2, 0.25) is 0 Å². The van der Waals surface area contributed by atoms with Crippen molar-refractivity contribution in [2.45, 2.75) is 13.3 Å². The molecule has 4 aromatic carbocycles. The van der Waals surface area contributed by atoms with Gasteiger partial charge in [0.25, 0.3) is 11.8 Å². The van der Waals surface area contributed by atoms with Crippen LogP contribution in [0.15, 0.2) is 84.9 Å². The summed E-state index contributed by atoms with van der Waals surface area (Å²) in [6, 6.07) is 26.4. The minimum Gasteiger partial charge on any atom is -0.494 e. The van der Waals surface area contributed by atoms with Crippen molar-refractivity contribution < 1.29 is 14.3 Å². The number of piperazine rings is 1. The maximum atomic E-state index is 13.0. The van der Waals surface area contributed by atoms with E-state index < -0.39 is 0 Å². The molecular weight excluding hydrogens is 498 g/mol. The zero-order chi connectivity index (χ0) is 26.5. The summed E-state index contributed by atoms with van der Waals surface area (Å²) in [7, 11) is 0. The summed E-state index contributed by atoms with van der Waals surface area (Å²) in [6.07, 6.45) is 0.942. The van der Waals surface area contributed by atoms with Crippen molar-refractivity contribution in [2.24, 2.45) is 0 Å². The zero-order valence-electron chi connectivity index (χ0n) is 21.3. The van der Waals surface area contributed by atoms with Crippen LogP contribution in [0.1, 0.15) is 34.1 Å². The molecule has 194 valence electrons. The number of hydrogen-bond donors (Lipinski definition) is 1. The Morgan fingerprint density at radius 1 is 0.895 bits per heavy atom. The lowest BCUT2D eigenvalue weighted by Gasteiger charge is -2.36. The van der Waals surface area contributed by atoms with Gasteiger partial charge in [-0.3, -0.25) is 9.59 Å². The van der Waals surface area contributed by atoms with E-state index in [4.69, 9.17) is 16.3 Å². The monoisotopic (exact) mass is 527 g/mol. The summed E-state index contributed by atoms with van der Waals surface area (Å²) in [6.45, 7) is 5.27. The minimum atomic E-state index is -0.178. The number of fused-ring (bicyclic) bond motifs is 1. The van der Waals surface area contributed by atoms with Gasteiger partial charge in [0.05, 0.1) is 17.3 Å². The lowest BCUT2D eigenvalue weighted by atomic mass is 10.0. The Balaban J connectivity index is 1.20. The highest BCUT2D eigenvalue weighted by Gasteiger charge is 2.23. The maximum absolute atomic E-state index is 13.0. The molecule has 1 fully saturated rings. The van der Waals surface area contributed by atoms with Crippen molar-refractivity contribution in [3.05, 3.63) is 101 Å². The number of carbonyl (C=O) groups is 2. The van der Waals surface area contributed by atoms with E-state index in [1.165, 1.54) is 0 Å². The lowest BCUT2D eigenvalue weighted by molar-refractivity contribution is 0.0746. The van der Waals surface area contributed by atoms with Crippen LogP contribution in [0.2, 0.25) is 5.02 Å². The molecule has 1 aliphatic rings. The molecule has 7 heteroatoms. The number of halogens is 1. The van der Waals surface area contributed by atoms with E-state index >= 15 is 0 Å². The fourth-order valence-corrected chi connectivity index (χ4v) is 5.01. The Kier molecular flexibility index (Phi) is 7.80. The van der Waals surface area contributed by atoms with E-state index in [-0.39, 0.29) is 11.8 Å². The van der Waals surface area contributed by atoms with Crippen LogP contribution in [0, 0.1) is 0 Å². The molecule has 0 aliphatic carbocycles. The first-order valence-electron chi connectivity index (χ1n) is 12.9. The quantitative estimate of drug-likeness (QED) is 0.298. The van der Waals surface area contributed by atoms with Crippen molar-refractivity contribution in [3.63, 3.8) is 0 Å². The Bertz CT molecular complexity index is 1440. The summed E-state index contributed by atoms with van der Waals surface area (Å²) < 4.78 is 5.61. The van der Waals surface area contributed by atoms with E-state index in [1.54, 1.807) is 6.07 Å². The normalized spacial score (nSPS) is 13.4. The van der Waals surface area contributed by atoms with Gasteiger partial charge in [0.1, 0.15) is 5.75 Å². The largest absolute Gasteiger partial charge is 0.494 e. The Morgan fingerprint density at radius 3 is 2.37 bits per heavy atom. The third-order valence-electron chi connectivity index (χ3n) is 6.72. The van der Waals surface area contributed by atoms with Gasteiger partial charge in [0.15, 0.2) is 0 Å². The third-order valence-corrected chi connectivity index (χ3v) is 7.02. The molecule has 0 radical (unpaired) electrons. The average molecular weight is 528 g/mol. The molecule has 0 atom stereocenters. The summed E-state index contributed by atoms with van der Waals surface area (Å²) in [5.41, 5.74) is 2.80. The molecule has 0 spiro atoms. The number of ether oxygens (including phenoxy) is 1. The molecule has 0 aromatic heterocycles. The van der Waals surface area contributed by atoms with Crippen molar-refractivity contribution in [2.75, 3.05) is 43.0 Å². The van der Waals surface area contributed by atoms with Crippen molar-refractivity contribution in [1.29, 1.82) is 0 Å². The van der Waals surface area contributed by atoms with Crippen molar-refractivity contribution in [1.82, 2.24) is 4.90 Å². The van der Waals surface area contributed by atoms with Gasteiger partial charge in [-0.25, -0.2) is 0 Å². The molecule has 1 N–H and O–H groups in total. The van der Waals surface area contributed by atoms with Crippen molar-refractivity contribution >= 4 is 45.6 Å². The van der Waals surface area contributed by atoms with Crippen LogP contribution in [-0.4, -0.2) is 49.5 Å². The van der Waals surface area contributed by atoms with Crippen LogP contribution in [0.3, 0.4) is 0 Å². The van der Waals surface area contributed by atoms with Crippen LogP contribution in [-0.2, 0) is 0 Å². The topological polar surface area (TPSA) is 61.9 Å². The van der Waals surface area contributed by atoms with Gasteiger partial charge < -0.3 is 19.9 Å². The van der Waals surface area contributed by atoms with Crippen LogP contribution < -0.4 is 15.0 Å². The summed E-state index contributed by atoms with van der Waals surface area (Å²) in [5, 5.41) is 5.46. The van der Waals surface area contributed by atoms with Gasteiger partial charge in [-0.15, -0.1) is 0 Å². The maximum Gasteiger partial charge on any atom is 0.256 e. The predicted molar refractivity (Wildman–Crippen MR) is 154 cm³/mol. The number of hydrogen-bond acceptors (Lipinski definition) is 4. The number of nitrogens with one attached hydrogen (secondary N) is 1. The highest BCUT2D eigenvalue weighted by Crippen LogP contribution is 2.30. The number of anilines is 2. The fraction of sp³-hybridized carbons (Fsp3) is 0.226. The number of nitrogens with zero attached hydrogens (tertiary/aromatic N) is 2. The molecular formula is C31H30ClN3O3. The summed E-state index contributed by atoms with van der Waals surface area (Å²) >= 11 is 6.65. The smallest absolute Gasteiger partial charge is 0.256 e. The molecule has 1 heterocycles. The van der Waals surface area contributed by atoms with Gasteiger partial charge in [-0.2, -0.15) is 0 Å². The van der Waals surface area contributed by atoms with Crippen LogP contribution in [0.4, 0.5) is 11.4 Å². The number of rotatable bonds is 7. The standard InChI is InChI=1S/C31H30ClN3O3/c1-2-20-38-25-13-10-23(11-14-25)31(37)35-18-16-34(17-19-35)29-15-12-24(21-28(29)32)33-30(36)27-9-5-7-22-6-3-4-8-26(22)27/h3-15,21H,2,16-20H2,1H3,(H,33,36). The predicted octanol–water partition coefficient (Wildman–Crippen LogP) is 6.50. The summed E-state index contributed by atoms with van der Waals surface area (Å²) in [4.78, 5) is 30.0. The van der Waals surface area contributed by atoms with E-state index in [1.807, 2.05) is 83.8 Å². The van der Waals surface area contributed by atoms with Crippen LogP contribution in [0.5, 0.6) is 5.75 Å². The van der Waals surface area contributed by atoms with E-state index in [9.17, 15) is 9.59 Å². The first-order valence-corrected chi connectivity index (χ1v) is 13.3. The van der Waals surface area contributed by atoms with Crippen molar-refractivity contribution in [3.8, 4) is 5.75 Å². The molecule has 4 aromatic rings. The summed E-state index contributed by atoms with van der Waals surface area (Å²) in [5.74, 6) is 0.617. The molecule has 1 aliphatic heterocycles. The molecule has 2 amide bonds. The Labute approximate surface area is 227 Å². The first-order chi connectivity index (χ1) is 18.5. The molecule has 6 nitrogen and oxygen atoms in total. The highest BCUT2D eigenvalue weighted by atomic mass is 35.5. The van der Waals surface area contributed by atoms with E-state index in [2.05, 4.69) is 17.1 Å². The Morgan fingerprint density at radius 2 is 1.63 bits per heavy atom. The molecule has 0 unspecified atom stereocenters. The number of benzene rings is 4. The second-order valence-electron chi connectivity index (χ2n) is 9.30. The van der Waals surface area contributed by atoms with Gasteiger partial charge >= 0.3 is 0 Å². The van der Waals surface area contributed by atoms with E-state index in [0.717, 1.165) is 28.6 Å². The molecule has 1 saturated heterocycles. The second kappa shape index (κ2) is 11.6. The number of carbonyl (C=O) groups excluding carboxylic acids is 2. The van der Waals surface area contributed by atoms with E-state index in [0.29, 0.717) is 54.6 Å². The SMILES string of the molecule is CCCOc1ccc(C(=O)N2CCN(c3ccc(NC(=O)c4cccc5ccccc45)cc3Cl)CC2)cc1. The first kappa shape index (κ1) is 25.6. The molecule has 38 heavy (non-hydrogen) atoms. The van der Waals surface area contributed by atoms with Crippen LogP contribution in [0.25, 0.3) is 10.8 Å². The average Bonchev–Trinajstić information content (AvgIpc) is 2.96. The second-order valence-corrected chi connectivity index (χ2v) is 9.71. The lowest BCUT2D eigenvalue weighted by Crippen LogP contribution is -2.48. The highest BCUT2D eigenvalue weighted by molar-refractivity contribution is 6.33. The van der Waals surface area contributed by atoms with Gasteiger partial charge in [-0.05, 0) is 65.7 Å². The zero-order valence-corrected chi connectivity index (χ0v) is 22.1. The van der Waals surface area contributed by atoms with Gasteiger partial charge in [-0.1, -0.05) is 54.9 Å². The fourth-order valence-electron chi connectivity index (χ4n) is 4.71. The van der Waals surface area contributed by atoms with Crippen LogP contribution >= 0.6 is 11.6 Å².